The van der Waals surface area contributed by atoms with Gasteiger partial charge in [-0.2, -0.15) is 0 Å². The summed E-state index contributed by atoms with van der Waals surface area (Å²) in [6.07, 6.45) is 2.01. The Morgan fingerprint density at radius 1 is 1.00 bits per heavy atom. The highest BCUT2D eigenvalue weighted by Gasteiger charge is 2.13. The van der Waals surface area contributed by atoms with E-state index in [0.29, 0.717) is 15.0 Å². The van der Waals surface area contributed by atoms with Gasteiger partial charge in [-0.25, -0.2) is 18.7 Å². The van der Waals surface area contributed by atoms with E-state index in [1.807, 2.05) is 24.5 Å². The van der Waals surface area contributed by atoms with Crippen LogP contribution in [0.1, 0.15) is 0 Å². The molecule has 0 aliphatic heterocycles. The lowest BCUT2D eigenvalue weighted by Crippen LogP contribution is -1.88. The third-order valence-electron chi connectivity index (χ3n) is 3.23. The van der Waals surface area contributed by atoms with Crippen molar-refractivity contribution in [1.82, 2.24) is 9.97 Å². The van der Waals surface area contributed by atoms with Crippen molar-refractivity contribution in [3.05, 3.63) is 42.0 Å². The molecule has 3 nitrogen and oxygen atoms in total. The van der Waals surface area contributed by atoms with E-state index in [1.165, 1.54) is 28.7 Å². The Balaban J connectivity index is 1.74. The number of aromatic nitrogens is 2. The first-order valence-corrected chi connectivity index (χ1v) is 9.46. The molecule has 0 bridgehead atoms. The van der Waals surface area contributed by atoms with Gasteiger partial charge in [-0.05, 0) is 24.5 Å². The Morgan fingerprint density at radius 2 is 1.74 bits per heavy atom. The van der Waals surface area contributed by atoms with E-state index in [4.69, 9.17) is 0 Å². The molecule has 0 aliphatic rings. The first-order chi connectivity index (χ1) is 11.1. The summed E-state index contributed by atoms with van der Waals surface area (Å²) in [5.74, 6) is -1.26. The number of para-hydroxylation sites is 1. The van der Waals surface area contributed by atoms with Gasteiger partial charge >= 0.3 is 0 Å². The molecular weight excluding hydrogens is 356 g/mol. The average molecular weight is 365 g/mol. The number of nitrogens with one attached hydrogen (secondary N) is 1. The van der Waals surface area contributed by atoms with Crippen LogP contribution in [0.3, 0.4) is 0 Å². The van der Waals surface area contributed by atoms with Crippen molar-refractivity contribution in [3.8, 4) is 0 Å². The number of anilines is 2. The quantitative estimate of drug-likeness (QED) is 0.476. The molecule has 0 unspecified atom stereocenters. The van der Waals surface area contributed by atoms with E-state index in [0.717, 1.165) is 21.2 Å². The van der Waals surface area contributed by atoms with Crippen LogP contribution in [0, 0.1) is 11.6 Å². The zero-order chi connectivity index (χ0) is 16.0. The minimum Gasteiger partial charge on any atom is -0.307 e. The molecule has 116 valence electrons. The van der Waals surface area contributed by atoms with Crippen molar-refractivity contribution in [2.75, 3.05) is 11.6 Å². The Hall–Kier alpha value is -1.77. The van der Waals surface area contributed by atoms with Crippen molar-refractivity contribution in [2.24, 2.45) is 0 Å². The van der Waals surface area contributed by atoms with E-state index >= 15 is 0 Å². The number of fused-ring (bicyclic) bond motifs is 2. The lowest BCUT2D eigenvalue weighted by molar-refractivity contribution is 0.591. The predicted molar refractivity (Wildman–Crippen MR) is 94.2 cm³/mol. The van der Waals surface area contributed by atoms with Gasteiger partial charge in [-0.1, -0.05) is 28.7 Å². The van der Waals surface area contributed by atoms with Crippen LogP contribution in [0.4, 0.5) is 19.0 Å². The van der Waals surface area contributed by atoms with Crippen LogP contribution >= 0.6 is 34.4 Å². The molecule has 0 saturated heterocycles. The summed E-state index contributed by atoms with van der Waals surface area (Å²) < 4.78 is 28.5. The number of hydrogen-bond acceptors (Lipinski definition) is 6. The van der Waals surface area contributed by atoms with E-state index in [2.05, 4.69) is 15.3 Å². The summed E-state index contributed by atoms with van der Waals surface area (Å²) in [6.45, 7) is 0. The van der Waals surface area contributed by atoms with Crippen molar-refractivity contribution >= 4 is 65.1 Å². The molecule has 2 heterocycles. The molecule has 2 aromatic heterocycles. The molecule has 0 spiro atoms. The standard InChI is InChI=1S/C15H9F2N3S3/c1-21-9-3-2-4-10-13(9)19-15(22-10)20-14-18-12-8(17)5-7(16)6-11(12)23-14/h2-6H,1H3,(H,18,19,20). The van der Waals surface area contributed by atoms with E-state index in [1.54, 1.807) is 11.8 Å². The van der Waals surface area contributed by atoms with Crippen LogP contribution in [-0.2, 0) is 0 Å². The Morgan fingerprint density at radius 3 is 2.52 bits per heavy atom. The molecule has 23 heavy (non-hydrogen) atoms. The number of nitrogens with zero attached hydrogens (tertiary/aromatic N) is 2. The normalized spacial score (nSPS) is 11.4. The minimum atomic E-state index is -0.654. The van der Waals surface area contributed by atoms with Gasteiger partial charge in [0.1, 0.15) is 11.3 Å². The van der Waals surface area contributed by atoms with Crippen LogP contribution < -0.4 is 5.32 Å². The number of thiazole rings is 2. The maximum atomic E-state index is 13.7. The Labute approximate surface area is 142 Å². The summed E-state index contributed by atoms with van der Waals surface area (Å²) in [6, 6.07) is 8.14. The van der Waals surface area contributed by atoms with Gasteiger partial charge in [0.15, 0.2) is 16.1 Å². The molecule has 0 amide bonds. The number of halogens is 2. The molecular formula is C15H9F2N3S3. The van der Waals surface area contributed by atoms with Crippen molar-refractivity contribution < 1.29 is 8.78 Å². The van der Waals surface area contributed by atoms with Crippen LogP contribution in [0.25, 0.3) is 20.4 Å². The topological polar surface area (TPSA) is 37.8 Å². The molecule has 0 radical (unpaired) electrons. The van der Waals surface area contributed by atoms with Crippen LogP contribution in [0.5, 0.6) is 0 Å². The molecule has 4 aromatic rings. The maximum absolute atomic E-state index is 13.7. The third kappa shape index (κ3) is 2.66. The lowest BCUT2D eigenvalue weighted by atomic mass is 10.3. The third-order valence-corrected chi connectivity index (χ3v) is 5.85. The fraction of sp³-hybridized carbons (Fsp3) is 0.0667. The fourth-order valence-corrected chi connectivity index (χ4v) is 4.73. The van der Waals surface area contributed by atoms with Gasteiger partial charge in [0, 0.05) is 11.0 Å². The van der Waals surface area contributed by atoms with Crippen molar-refractivity contribution in [2.45, 2.75) is 4.90 Å². The largest absolute Gasteiger partial charge is 0.307 e. The van der Waals surface area contributed by atoms with Gasteiger partial charge in [0.25, 0.3) is 0 Å². The van der Waals surface area contributed by atoms with Crippen molar-refractivity contribution in [3.63, 3.8) is 0 Å². The van der Waals surface area contributed by atoms with Gasteiger partial charge in [0.05, 0.1) is 14.9 Å². The first kappa shape index (κ1) is 14.8. The predicted octanol–water partition coefficient (Wildman–Crippen LogP) is 5.65. The van der Waals surface area contributed by atoms with Gasteiger partial charge < -0.3 is 5.32 Å². The van der Waals surface area contributed by atoms with Gasteiger partial charge in [-0.15, -0.1) is 11.8 Å². The second kappa shape index (κ2) is 5.70. The number of rotatable bonds is 3. The van der Waals surface area contributed by atoms with Gasteiger partial charge in [0.2, 0.25) is 0 Å². The molecule has 0 saturated carbocycles. The Bertz CT molecular complexity index is 1030. The minimum absolute atomic E-state index is 0.171. The van der Waals surface area contributed by atoms with Crippen molar-refractivity contribution in [1.29, 1.82) is 0 Å². The molecule has 4 rings (SSSR count). The lowest BCUT2D eigenvalue weighted by Gasteiger charge is -1.95. The fourth-order valence-electron chi connectivity index (χ4n) is 2.24. The SMILES string of the molecule is CSc1cccc2sc(Nc3nc4c(F)cc(F)cc4s3)nc12. The number of hydrogen-bond donors (Lipinski definition) is 1. The summed E-state index contributed by atoms with van der Waals surface area (Å²) in [5.41, 5.74) is 1.11. The summed E-state index contributed by atoms with van der Waals surface area (Å²) >= 11 is 4.34. The molecule has 0 fully saturated rings. The van der Waals surface area contributed by atoms with E-state index in [-0.39, 0.29) is 5.52 Å². The van der Waals surface area contributed by atoms with Crippen LogP contribution in [0.2, 0.25) is 0 Å². The highest BCUT2D eigenvalue weighted by Crippen LogP contribution is 2.35. The monoisotopic (exact) mass is 365 g/mol. The first-order valence-electron chi connectivity index (χ1n) is 6.60. The smallest absolute Gasteiger partial charge is 0.190 e. The van der Waals surface area contributed by atoms with E-state index < -0.39 is 11.6 Å². The Kier molecular flexibility index (Phi) is 3.67. The maximum Gasteiger partial charge on any atom is 0.190 e. The van der Waals surface area contributed by atoms with E-state index in [9.17, 15) is 8.78 Å². The molecule has 8 heteroatoms. The summed E-state index contributed by atoms with van der Waals surface area (Å²) in [7, 11) is 0. The van der Waals surface area contributed by atoms with Crippen LogP contribution in [0.15, 0.2) is 35.2 Å². The molecule has 1 N–H and O–H groups in total. The molecule has 0 atom stereocenters. The second-order valence-electron chi connectivity index (χ2n) is 4.70. The molecule has 0 aliphatic carbocycles. The summed E-state index contributed by atoms with van der Waals surface area (Å²) in [5, 5.41) is 4.27. The highest BCUT2D eigenvalue weighted by atomic mass is 32.2. The van der Waals surface area contributed by atoms with Crippen LogP contribution in [-0.4, -0.2) is 16.2 Å². The second-order valence-corrected chi connectivity index (χ2v) is 7.61. The average Bonchev–Trinajstić information content (AvgIpc) is 3.10. The molecule has 2 aromatic carbocycles. The number of benzene rings is 2. The highest BCUT2D eigenvalue weighted by molar-refractivity contribution is 7.98. The zero-order valence-electron chi connectivity index (χ0n) is 11.8. The summed E-state index contributed by atoms with van der Waals surface area (Å²) in [4.78, 5) is 9.86. The van der Waals surface area contributed by atoms with Gasteiger partial charge in [-0.3, -0.25) is 0 Å². The zero-order valence-corrected chi connectivity index (χ0v) is 14.2. The number of thioether (sulfide) groups is 1.